The number of hydrogen-bond acceptors (Lipinski definition) is 2. The molecular weight excluding hydrogens is 285 g/mol. The van der Waals surface area contributed by atoms with Gasteiger partial charge in [0.2, 0.25) is 0 Å². The van der Waals surface area contributed by atoms with Crippen molar-refractivity contribution >= 4 is 0 Å². The van der Waals surface area contributed by atoms with E-state index in [-0.39, 0.29) is 0 Å². The molecule has 0 aliphatic carbocycles. The number of ether oxygens (including phenoxy) is 2. The maximum absolute atomic E-state index is 12.8. The van der Waals surface area contributed by atoms with E-state index in [1.807, 2.05) is 0 Å². The molecule has 0 radical (unpaired) electrons. The molecule has 1 saturated heterocycles. The van der Waals surface area contributed by atoms with Gasteiger partial charge in [-0.15, -0.1) is 0 Å². The van der Waals surface area contributed by atoms with E-state index in [2.05, 4.69) is 4.74 Å². The molecule has 2 nitrogen and oxygen atoms in total. The average Bonchev–Trinajstić information content (AvgIpc) is 2.28. The number of halogens is 7. The highest BCUT2D eigenvalue weighted by Gasteiger charge is 2.72. The van der Waals surface area contributed by atoms with Crippen molar-refractivity contribution in [3.05, 3.63) is 0 Å². The smallest absolute Gasteiger partial charge is 0.376 e. The Morgan fingerprint density at radius 1 is 1.00 bits per heavy atom. The van der Waals surface area contributed by atoms with Crippen molar-refractivity contribution in [2.24, 2.45) is 0 Å². The minimum Gasteiger partial charge on any atom is -0.376 e. The van der Waals surface area contributed by atoms with Gasteiger partial charge in [-0.05, 0) is 19.3 Å². The molecule has 0 aromatic heterocycles. The average molecular weight is 298 g/mol. The molecule has 1 aliphatic heterocycles. The Hall–Kier alpha value is -0.570. The fraction of sp³-hybridized carbons (Fsp3) is 1.00. The Kier molecular flexibility index (Phi) is 5.05. The van der Waals surface area contributed by atoms with Crippen LogP contribution in [-0.4, -0.2) is 43.9 Å². The quantitative estimate of drug-likeness (QED) is 0.724. The second-order valence-electron chi connectivity index (χ2n) is 4.28. The lowest BCUT2D eigenvalue weighted by atomic mass is 10.1. The van der Waals surface area contributed by atoms with E-state index >= 15 is 0 Å². The van der Waals surface area contributed by atoms with Crippen LogP contribution in [0.4, 0.5) is 30.7 Å². The van der Waals surface area contributed by atoms with Gasteiger partial charge >= 0.3 is 18.0 Å². The number of alkyl halides is 7. The third-order valence-electron chi connectivity index (χ3n) is 2.68. The van der Waals surface area contributed by atoms with Gasteiger partial charge in [0.1, 0.15) is 6.61 Å². The van der Waals surface area contributed by atoms with Crippen molar-refractivity contribution in [2.45, 2.75) is 43.4 Å². The van der Waals surface area contributed by atoms with Gasteiger partial charge in [-0.25, -0.2) is 0 Å². The van der Waals surface area contributed by atoms with E-state index in [0.717, 1.165) is 12.8 Å². The van der Waals surface area contributed by atoms with Gasteiger partial charge in [0, 0.05) is 6.61 Å². The zero-order valence-electron chi connectivity index (χ0n) is 9.78. The van der Waals surface area contributed by atoms with Crippen LogP contribution in [0, 0.1) is 0 Å². The van der Waals surface area contributed by atoms with Crippen molar-refractivity contribution < 1.29 is 40.2 Å². The molecule has 1 fully saturated rings. The summed E-state index contributed by atoms with van der Waals surface area (Å²) < 4.78 is 95.3. The third-order valence-corrected chi connectivity index (χ3v) is 2.68. The van der Waals surface area contributed by atoms with E-state index < -0.39 is 37.3 Å². The van der Waals surface area contributed by atoms with Crippen molar-refractivity contribution in [1.29, 1.82) is 0 Å². The maximum atomic E-state index is 12.8. The van der Waals surface area contributed by atoms with Crippen LogP contribution in [-0.2, 0) is 9.47 Å². The summed E-state index contributed by atoms with van der Waals surface area (Å²) in [6.45, 7) is -2.04. The van der Waals surface area contributed by atoms with E-state index in [1.54, 1.807) is 0 Å². The summed E-state index contributed by atoms with van der Waals surface area (Å²) in [7, 11) is 0. The summed E-state index contributed by atoms with van der Waals surface area (Å²) in [5.74, 6) is -11.4. The Labute approximate surface area is 104 Å². The molecular formula is C10H13F7O2. The van der Waals surface area contributed by atoms with Crippen LogP contribution in [0.3, 0.4) is 0 Å². The van der Waals surface area contributed by atoms with Gasteiger partial charge in [-0.2, -0.15) is 30.7 Å². The van der Waals surface area contributed by atoms with Crippen molar-refractivity contribution in [1.82, 2.24) is 0 Å². The predicted octanol–water partition coefficient (Wildman–Crippen LogP) is 3.41. The molecule has 1 heterocycles. The first-order valence-corrected chi connectivity index (χ1v) is 5.59. The molecule has 114 valence electrons. The number of hydrogen-bond donors (Lipinski definition) is 0. The van der Waals surface area contributed by atoms with Gasteiger partial charge < -0.3 is 9.47 Å². The standard InChI is InChI=1S/C10H13F7O2/c11-8(12,9(13,14)10(15,16)17)6-18-5-7-3-1-2-4-19-7/h7H,1-6H2. The topological polar surface area (TPSA) is 18.5 Å². The second kappa shape index (κ2) is 5.82. The molecule has 0 saturated carbocycles. The first kappa shape index (κ1) is 16.5. The zero-order chi connectivity index (χ0) is 14.7. The first-order valence-electron chi connectivity index (χ1n) is 5.59. The van der Waals surface area contributed by atoms with Crippen molar-refractivity contribution in [3.63, 3.8) is 0 Å². The monoisotopic (exact) mass is 298 g/mol. The Bertz CT molecular complexity index is 284. The van der Waals surface area contributed by atoms with Crippen molar-refractivity contribution in [2.75, 3.05) is 19.8 Å². The molecule has 9 heteroatoms. The van der Waals surface area contributed by atoms with E-state index in [9.17, 15) is 30.7 Å². The molecule has 1 unspecified atom stereocenters. The van der Waals surface area contributed by atoms with Crippen molar-refractivity contribution in [3.8, 4) is 0 Å². The molecule has 0 aromatic carbocycles. The van der Waals surface area contributed by atoms with E-state index in [4.69, 9.17) is 4.74 Å². The van der Waals surface area contributed by atoms with Gasteiger partial charge in [0.25, 0.3) is 0 Å². The molecule has 1 rings (SSSR count). The normalized spacial score (nSPS) is 22.6. The van der Waals surface area contributed by atoms with Gasteiger partial charge in [0.05, 0.1) is 12.7 Å². The predicted molar refractivity (Wildman–Crippen MR) is 50.4 cm³/mol. The van der Waals surface area contributed by atoms with Crippen LogP contribution in [0.1, 0.15) is 19.3 Å². The fourth-order valence-corrected chi connectivity index (χ4v) is 1.56. The molecule has 0 spiro atoms. The highest BCUT2D eigenvalue weighted by Crippen LogP contribution is 2.46. The minimum atomic E-state index is -6.32. The fourth-order valence-electron chi connectivity index (χ4n) is 1.56. The summed E-state index contributed by atoms with van der Waals surface area (Å²) >= 11 is 0. The summed E-state index contributed by atoms with van der Waals surface area (Å²) in [5.41, 5.74) is 0. The Morgan fingerprint density at radius 3 is 2.11 bits per heavy atom. The second-order valence-corrected chi connectivity index (χ2v) is 4.28. The molecule has 0 amide bonds. The maximum Gasteiger partial charge on any atom is 0.459 e. The van der Waals surface area contributed by atoms with Crippen LogP contribution in [0.2, 0.25) is 0 Å². The molecule has 0 aromatic rings. The summed E-state index contributed by atoms with van der Waals surface area (Å²) in [5, 5.41) is 0. The molecule has 0 N–H and O–H groups in total. The molecule has 0 bridgehead atoms. The van der Waals surface area contributed by atoms with Crippen LogP contribution >= 0.6 is 0 Å². The van der Waals surface area contributed by atoms with Crippen LogP contribution in [0.5, 0.6) is 0 Å². The van der Waals surface area contributed by atoms with Crippen LogP contribution in [0.15, 0.2) is 0 Å². The summed E-state index contributed by atoms with van der Waals surface area (Å²) in [6, 6.07) is 0. The SMILES string of the molecule is FC(F)(F)C(F)(F)C(F)(F)COCC1CCCCO1. The van der Waals surface area contributed by atoms with E-state index in [1.165, 1.54) is 0 Å². The highest BCUT2D eigenvalue weighted by molar-refractivity contribution is 4.91. The number of rotatable bonds is 5. The summed E-state index contributed by atoms with van der Waals surface area (Å²) in [4.78, 5) is 0. The third kappa shape index (κ3) is 3.95. The van der Waals surface area contributed by atoms with E-state index in [0.29, 0.717) is 13.0 Å². The van der Waals surface area contributed by atoms with Gasteiger partial charge in [-0.3, -0.25) is 0 Å². The first-order chi connectivity index (χ1) is 8.58. The lowest BCUT2D eigenvalue weighted by Gasteiger charge is -2.29. The summed E-state index contributed by atoms with van der Waals surface area (Å²) in [6.07, 6.45) is -4.80. The Morgan fingerprint density at radius 2 is 1.63 bits per heavy atom. The molecule has 1 aliphatic rings. The molecule has 1 atom stereocenters. The molecule has 19 heavy (non-hydrogen) atoms. The lowest BCUT2D eigenvalue weighted by molar-refractivity contribution is -0.361. The van der Waals surface area contributed by atoms with Gasteiger partial charge in [-0.1, -0.05) is 0 Å². The Balaban J connectivity index is 2.45. The van der Waals surface area contributed by atoms with Crippen LogP contribution < -0.4 is 0 Å². The van der Waals surface area contributed by atoms with Gasteiger partial charge in [0.15, 0.2) is 0 Å². The highest BCUT2D eigenvalue weighted by atomic mass is 19.4. The minimum absolute atomic E-state index is 0.392. The zero-order valence-corrected chi connectivity index (χ0v) is 9.78. The largest absolute Gasteiger partial charge is 0.459 e. The van der Waals surface area contributed by atoms with Crippen LogP contribution in [0.25, 0.3) is 0 Å². The lowest BCUT2D eigenvalue weighted by Crippen LogP contribution is -2.54.